The summed E-state index contributed by atoms with van der Waals surface area (Å²) in [6, 6.07) is 13.1. The van der Waals surface area contributed by atoms with Gasteiger partial charge in [-0.05, 0) is 55.2 Å². The smallest absolute Gasteiger partial charge is 0.274 e. The van der Waals surface area contributed by atoms with Crippen LogP contribution in [0.25, 0.3) is 0 Å². The van der Waals surface area contributed by atoms with Crippen molar-refractivity contribution in [3.05, 3.63) is 83.2 Å². The normalized spacial score (nSPS) is 18.8. The van der Waals surface area contributed by atoms with Gasteiger partial charge in [-0.2, -0.15) is 0 Å². The second-order valence-electron chi connectivity index (χ2n) is 9.59. The van der Waals surface area contributed by atoms with E-state index in [0.29, 0.717) is 5.75 Å². The van der Waals surface area contributed by atoms with Gasteiger partial charge in [-0.25, -0.2) is 9.37 Å². The number of fused-ring (bicyclic) bond motifs is 1. The van der Waals surface area contributed by atoms with Crippen molar-refractivity contribution in [2.75, 3.05) is 7.11 Å². The lowest BCUT2D eigenvalue weighted by atomic mass is 9.93. The highest BCUT2D eigenvalue weighted by Gasteiger charge is 2.53. The Kier molecular flexibility index (Phi) is 6.41. The zero-order valence-electron chi connectivity index (χ0n) is 20.7. The number of hydrogen-bond acceptors (Lipinski definition) is 5. The number of ether oxygens (including phenoxy) is 1. The van der Waals surface area contributed by atoms with E-state index >= 15 is 0 Å². The van der Waals surface area contributed by atoms with Crippen molar-refractivity contribution >= 4 is 17.7 Å². The highest BCUT2D eigenvalue weighted by atomic mass is 19.1. The summed E-state index contributed by atoms with van der Waals surface area (Å²) >= 11 is 0. The van der Waals surface area contributed by atoms with Gasteiger partial charge in [-0.1, -0.05) is 24.3 Å². The Balaban J connectivity index is 1.34. The maximum Gasteiger partial charge on any atom is 0.274 e. The molecule has 2 N–H and O–H groups in total. The fourth-order valence-corrected chi connectivity index (χ4v) is 4.74. The van der Waals surface area contributed by atoms with Crippen molar-refractivity contribution < 1.29 is 23.5 Å². The lowest BCUT2D eigenvalue weighted by Gasteiger charge is -2.44. The van der Waals surface area contributed by atoms with Crippen molar-refractivity contribution in [2.24, 2.45) is 0 Å². The second-order valence-corrected chi connectivity index (χ2v) is 9.59. The van der Waals surface area contributed by atoms with Crippen LogP contribution in [0.4, 0.5) is 4.39 Å². The predicted molar refractivity (Wildman–Crippen MR) is 132 cm³/mol. The van der Waals surface area contributed by atoms with Crippen molar-refractivity contribution in [3.8, 4) is 5.75 Å². The molecule has 10 heteroatoms. The van der Waals surface area contributed by atoms with Crippen molar-refractivity contribution in [3.63, 3.8) is 0 Å². The van der Waals surface area contributed by atoms with E-state index in [-0.39, 0.29) is 48.8 Å². The average molecular weight is 506 g/mol. The Bertz CT molecular complexity index is 1350. The highest BCUT2D eigenvalue weighted by Crippen LogP contribution is 2.38. The van der Waals surface area contributed by atoms with Gasteiger partial charge in [-0.15, -0.1) is 0 Å². The Morgan fingerprint density at radius 1 is 1.11 bits per heavy atom. The highest BCUT2D eigenvalue weighted by molar-refractivity contribution is 6.07. The minimum Gasteiger partial charge on any atom is -0.497 e. The summed E-state index contributed by atoms with van der Waals surface area (Å²) < 4.78 is 20.0. The second kappa shape index (κ2) is 9.68. The quantitative estimate of drug-likeness (QED) is 0.490. The van der Waals surface area contributed by atoms with Crippen LogP contribution in [0.3, 0.4) is 0 Å². The lowest BCUT2D eigenvalue weighted by molar-refractivity contribution is -0.133. The molecular formula is C27H28FN5O4. The molecule has 0 saturated heterocycles. The Hall–Kier alpha value is -4.21. The summed E-state index contributed by atoms with van der Waals surface area (Å²) in [4.78, 5) is 46.0. The molecular weight excluding hydrogens is 477 g/mol. The molecule has 0 bridgehead atoms. The number of carbonyl (C=O) groups excluding carboxylic acids is 3. The molecule has 0 unspecified atom stereocenters. The fraction of sp³-hybridized carbons (Fsp3) is 0.333. The lowest BCUT2D eigenvalue weighted by Crippen LogP contribution is -2.64. The standard InChI is InChI=1S/C27H28FN5O4/c1-27(26(36)30-13-17-6-8-19(28)9-7-17)15-32-16-31-22(23(32)25(35)33(27)20-10-11-20)24(34)29-14-18-4-3-5-21(12-18)37-2/h3-9,12,16,20H,10-11,13-15H2,1-2H3,(H,29,34)(H,30,36)/t27-/m0/s1. The maximum atomic E-state index is 13.7. The van der Waals surface area contributed by atoms with Crippen LogP contribution in [0.1, 0.15) is 51.9 Å². The molecule has 37 heavy (non-hydrogen) atoms. The molecule has 9 nitrogen and oxygen atoms in total. The molecule has 1 aromatic heterocycles. The zero-order valence-corrected chi connectivity index (χ0v) is 20.7. The molecule has 1 saturated carbocycles. The van der Waals surface area contributed by atoms with Crippen LogP contribution >= 0.6 is 0 Å². The monoisotopic (exact) mass is 505 g/mol. The molecule has 1 aliphatic heterocycles. The number of methoxy groups -OCH3 is 1. The van der Waals surface area contributed by atoms with E-state index in [1.807, 2.05) is 24.3 Å². The summed E-state index contributed by atoms with van der Waals surface area (Å²) in [5.41, 5.74) is 0.639. The Morgan fingerprint density at radius 2 is 1.84 bits per heavy atom. The van der Waals surface area contributed by atoms with Crippen LogP contribution in [0.15, 0.2) is 54.9 Å². The van der Waals surface area contributed by atoms with Gasteiger partial charge in [0, 0.05) is 19.1 Å². The van der Waals surface area contributed by atoms with E-state index in [4.69, 9.17) is 4.74 Å². The van der Waals surface area contributed by atoms with Gasteiger partial charge >= 0.3 is 0 Å². The van der Waals surface area contributed by atoms with Crippen LogP contribution in [-0.4, -0.2) is 50.9 Å². The van der Waals surface area contributed by atoms with Gasteiger partial charge in [0.05, 0.1) is 20.0 Å². The number of nitrogens with one attached hydrogen (secondary N) is 2. The van der Waals surface area contributed by atoms with Gasteiger partial charge in [0.1, 0.15) is 22.8 Å². The summed E-state index contributed by atoms with van der Waals surface area (Å²) in [6.07, 6.45) is 3.01. The van der Waals surface area contributed by atoms with Crippen molar-refractivity contribution in [2.45, 2.75) is 51.0 Å². The van der Waals surface area contributed by atoms with Gasteiger partial charge in [0.2, 0.25) is 5.91 Å². The largest absolute Gasteiger partial charge is 0.497 e. The zero-order chi connectivity index (χ0) is 26.2. The van der Waals surface area contributed by atoms with Gasteiger partial charge < -0.3 is 24.8 Å². The number of benzene rings is 2. The number of aromatic nitrogens is 2. The molecule has 3 amide bonds. The molecule has 3 aromatic rings. The van der Waals surface area contributed by atoms with Crippen LogP contribution in [0.5, 0.6) is 5.75 Å². The first-order valence-electron chi connectivity index (χ1n) is 12.1. The van der Waals surface area contributed by atoms with Gasteiger partial charge in [0.25, 0.3) is 11.8 Å². The third-order valence-electron chi connectivity index (χ3n) is 6.84. The number of hydrogen-bond donors (Lipinski definition) is 2. The first-order chi connectivity index (χ1) is 17.8. The van der Waals surface area contributed by atoms with Crippen LogP contribution in [0, 0.1) is 5.82 Å². The first kappa shape index (κ1) is 24.5. The molecule has 5 rings (SSSR count). The number of rotatable bonds is 8. The summed E-state index contributed by atoms with van der Waals surface area (Å²) in [5.74, 6) is -0.850. The van der Waals surface area contributed by atoms with E-state index in [2.05, 4.69) is 15.6 Å². The Morgan fingerprint density at radius 3 is 2.54 bits per heavy atom. The molecule has 1 atom stereocenters. The number of amides is 3. The topological polar surface area (TPSA) is 106 Å². The molecule has 2 heterocycles. The molecule has 1 aliphatic carbocycles. The van der Waals surface area contributed by atoms with Crippen LogP contribution in [-0.2, 0) is 24.4 Å². The average Bonchev–Trinajstić information content (AvgIpc) is 3.64. The molecule has 192 valence electrons. The molecule has 2 aliphatic rings. The van der Waals surface area contributed by atoms with E-state index in [1.54, 1.807) is 35.6 Å². The molecule has 0 radical (unpaired) electrons. The molecule has 1 fully saturated rings. The number of imidazole rings is 1. The van der Waals surface area contributed by atoms with E-state index in [9.17, 15) is 18.8 Å². The van der Waals surface area contributed by atoms with E-state index in [1.165, 1.54) is 18.5 Å². The summed E-state index contributed by atoms with van der Waals surface area (Å²) in [6.45, 7) is 2.34. The summed E-state index contributed by atoms with van der Waals surface area (Å²) in [7, 11) is 1.57. The number of nitrogens with zero attached hydrogens (tertiary/aromatic N) is 3. The Labute approximate surface area is 213 Å². The third kappa shape index (κ3) is 4.78. The van der Waals surface area contributed by atoms with Gasteiger partial charge in [0.15, 0.2) is 5.69 Å². The first-order valence-corrected chi connectivity index (χ1v) is 12.1. The van der Waals surface area contributed by atoms with E-state index in [0.717, 1.165) is 24.0 Å². The number of carbonyl (C=O) groups is 3. The molecule has 0 spiro atoms. The minimum atomic E-state index is -1.17. The fourth-order valence-electron chi connectivity index (χ4n) is 4.74. The third-order valence-corrected chi connectivity index (χ3v) is 6.84. The molecule has 2 aromatic carbocycles. The predicted octanol–water partition coefficient (Wildman–Crippen LogP) is 2.65. The number of halogens is 1. The SMILES string of the molecule is COc1cccc(CNC(=O)c2ncn3c2C(=O)N(C2CC2)[C@](C)(C(=O)NCc2ccc(F)cc2)C3)c1. The maximum absolute atomic E-state index is 13.7. The van der Waals surface area contributed by atoms with Gasteiger partial charge in [-0.3, -0.25) is 14.4 Å². The van der Waals surface area contributed by atoms with Crippen molar-refractivity contribution in [1.29, 1.82) is 0 Å². The minimum absolute atomic E-state index is 0.0346. The van der Waals surface area contributed by atoms with Crippen LogP contribution in [0.2, 0.25) is 0 Å². The van der Waals surface area contributed by atoms with Crippen molar-refractivity contribution in [1.82, 2.24) is 25.1 Å². The van der Waals surface area contributed by atoms with Crippen LogP contribution < -0.4 is 15.4 Å². The summed E-state index contributed by atoms with van der Waals surface area (Å²) in [5, 5.41) is 5.71. The van der Waals surface area contributed by atoms with E-state index < -0.39 is 17.4 Å².